The molecule has 0 aliphatic rings. The van der Waals surface area contributed by atoms with Crippen LogP contribution in [0, 0.1) is 5.92 Å². The third-order valence-electron chi connectivity index (χ3n) is 1.71. The summed E-state index contributed by atoms with van der Waals surface area (Å²) in [6, 6.07) is 0. The van der Waals surface area contributed by atoms with E-state index in [0.29, 0.717) is 12.2 Å². The van der Waals surface area contributed by atoms with E-state index in [4.69, 9.17) is 9.31 Å². The largest absolute Gasteiger partial charge is 0.574 e. The van der Waals surface area contributed by atoms with Crippen molar-refractivity contribution in [2.75, 3.05) is 6.61 Å². The van der Waals surface area contributed by atoms with Crippen LogP contribution in [-0.2, 0) is 14.1 Å². The highest BCUT2D eigenvalue weighted by atomic mass is 16.6. The highest BCUT2D eigenvalue weighted by Gasteiger charge is 2.14. The monoisotopic (exact) mass is 197 g/mol. The van der Waals surface area contributed by atoms with Gasteiger partial charge in [0.15, 0.2) is 0 Å². The van der Waals surface area contributed by atoms with Crippen molar-refractivity contribution in [3.05, 3.63) is 11.6 Å². The van der Waals surface area contributed by atoms with E-state index in [1.807, 2.05) is 27.7 Å². The van der Waals surface area contributed by atoms with Crippen LogP contribution in [0.3, 0.4) is 0 Å². The lowest BCUT2D eigenvalue weighted by molar-refractivity contribution is -0.131. The molecule has 0 heterocycles. The van der Waals surface area contributed by atoms with E-state index in [2.05, 4.69) is 0 Å². The van der Waals surface area contributed by atoms with Crippen molar-refractivity contribution >= 4 is 13.7 Å². The molecule has 0 rings (SSSR count). The molecule has 0 aliphatic heterocycles. The van der Waals surface area contributed by atoms with Gasteiger partial charge < -0.3 is 9.31 Å². The van der Waals surface area contributed by atoms with Crippen molar-refractivity contribution in [1.82, 2.24) is 0 Å². The minimum Gasteiger partial charge on any atom is -0.507 e. The van der Waals surface area contributed by atoms with Crippen LogP contribution in [0.4, 0.5) is 0 Å². The Kier molecular flexibility index (Phi) is 7.20. The van der Waals surface area contributed by atoms with Crippen molar-refractivity contribution in [3.63, 3.8) is 0 Å². The van der Waals surface area contributed by atoms with Crippen LogP contribution >= 0.6 is 0 Å². The van der Waals surface area contributed by atoms with Gasteiger partial charge in [-0.25, -0.2) is 4.79 Å². The molecular formula is C10H18BO3. The molecule has 0 bridgehead atoms. The van der Waals surface area contributed by atoms with E-state index in [-0.39, 0.29) is 11.9 Å². The minimum absolute atomic E-state index is 0.173. The number of hydrogen-bond acceptors (Lipinski definition) is 3. The molecule has 0 spiro atoms. The third kappa shape index (κ3) is 5.07. The SMILES string of the molecule is C/C=C(/C(=O)O[B]OCCC)C(C)C. The van der Waals surface area contributed by atoms with E-state index in [1.54, 1.807) is 6.08 Å². The highest BCUT2D eigenvalue weighted by molar-refractivity contribution is 6.23. The molecule has 0 saturated carbocycles. The third-order valence-corrected chi connectivity index (χ3v) is 1.71. The van der Waals surface area contributed by atoms with Gasteiger partial charge in [0.1, 0.15) is 0 Å². The van der Waals surface area contributed by atoms with Crippen LogP contribution in [0.2, 0.25) is 0 Å². The second-order valence-corrected chi connectivity index (χ2v) is 3.27. The zero-order valence-electron chi connectivity index (χ0n) is 9.37. The summed E-state index contributed by atoms with van der Waals surface area (Å²) in [6.45, 7) is 8.28. The van der Waals surface area contributed by atoms with Crippen LogP contribution in [0.5, 0.6) is 0 Å². The summed E-state index contributed by atoms with van der Waals surface area (Å²) < 4.78 is 9.74. The van der Waals surface area contributed by atoms with E-state index in [1.165, 1.54) is 0 Å². The first kappa shape index (κ1) is 13.2. The number of allylic oxidation sites excluding steroid dienone is 1. The number of carbonyl (C=O) groups is 1. The molecule has 0 aliphatic carbocycles. The lowest BCUT2D eigenvalue weighted by Gasteiger charge is -2.09. The van der Waals surface area contributed by atoms with E-state index < -0.39 is 0 Å². The quantitative estimate of drug-likeness (QED) is 0.371. The predicted octanol–water partition coefficient (Wildman–Crippen LogP) is 2.09. The van der Waals surface area contributed by atoms with E-state index in [9.17, 15) is 4.79 Å². The Bertz CT molecular complexity index is 200. The molecule has 4 heteroatoms. The highest BCUT2D eigenvalue weighted by Crippen LogP contribution is 2.10. The van der Waals surface area contributed by atoms with Gasteiger partial charge in [-0.1, -0.05) is 26.8 Å². The molecule has 0 aromatic carbocycles. The average molecular weight is 197 g/mol. The number of carbonyl (C=O) groups excluding carboxylic acids is 1. The molecule has 0 aromatic heterocycles. The van der Waals surface area contributed by atoms with Gasteiger partial charge >= 0.3 is 13.7 Å². The standard InChI is InChI=1S/C10H18BO3/c1-5-7-13-11-14-10(12)9(6-2)8(3)4/h6,8H,5,7H2,1-4H3/b9-6+. The Morgan fingerprint density at radius 1 is 1.50 bits per heavy atom. The Labute approximate surface area is 86.8 Å². The van der Waals surface area contributed by atoms with Crippen LogP contribution in [0.15, 0.2) is 11.6 Å². The summed E-state index contributed by atoms with van der Waals surface area (Å²) in [5, 5.41) is 0. The Balaban J connectivity index is 3.83. The fourth-order valence-electron chi connectivity index (χ4n) is 0.999. The van der Waals surface area contributed by atoms with Gasteiger partial charge in [-0.3, -0.25) is 0 Å². The fraction of sp³-hybridized carbons (Fsp3) is 0.700. The molecule has 0 atom stereocenters. The van der Waals surface area contributed by atoms with Gasteiger partial charge in [0.2, 0.25) is 0 Å². The fourth-order valence-corrected chi connectivity index (χ4v) is 0.999. The van der Waals surface area contributed by atoms with Gasteiger partial charge in [-0.05, 0) is 19.3 Å². The first-order valence-corrected chi connectivity index (χ1v) is 4.93. The lowest BCUT2D eigenvalue weighted by atomic mass is 10.0. The maximum absolute atomic E-state index is 11.4. The van der Waals surface area contributed by atoms with Gasteiger partial charge in [0.25, 0.3) is 0 Å². The van der Waals surface area contributed by atoms with Crippen molar-refractivity contribution in [1.29, 1.82) is 0 Å². The summed E-state index contributed by atoms with van der Waals surface area (Å²) in [7, 11) is 1.11. The normalized spacial score (nSPS) is 11.6. The molecule has 0 fully saturated rings. The summed E-state index contributed by atoms with van der Waals surface area (Å²) in [6.07, 6.45) is 2.66. The molecule has 79 valence electrons. The Morgan fingerprint density at radius 2 is 2.14 bits per heavy atom. The van der Waals surface area contributed by atoms with Crippen LogP contribution in [0.25, 0.3) is 0 Å². The second-order valence-electron chi connectivity index (χ2n) is 3.27. The molecule has 0 saturated heterocycles. The van der Waals surface area contributed by atoms with E-state index >= 15 is 0 Å². The summed E-state index contributed by atoms with van der Waals surface area (Å²) in [4.78, 5) is 11.4. The Morgan fingerprint density at radius 3 is 2.57 bits per heavy atom. The Hall–Kier alpha value is -0.765. The second kappa shape index (κ2) is 7.62. The summed E-state index contributed by atoms with van der Waals surface area (Å²) in [5.41, 5.74) is 0.668. The molecule has 3 nitrogen and oxygen atoms in total. The number of hydrogen-bond donors (Lipinski definition) is 0. The van der Waals surface area contributed by atoms with Crippen LogP contribution in [0.1, 0.15) is 34.1 Å². The summed E-state index contributed by atoms with van der Waals surface area (Å²) in [5.74, 6) is -0.161. The topological polar surface area (TPSA) is 35.5 Å². The van der Waals surface area contributed by atoms with Crippen molar-refractivity contribution in [2.24, 2.45) is 5.92 Å². The maximum Gasteiger partial charge on any atom is 0.574 e. The molecule has 1 radical (unpaired) electrons. The first-order chi connectivity index (χ1) is 6.63. The average Bonchev–Trinajstić information content (AvgIpc) is 2.13. The predicted molar refractivity (Wildman–Crippen MR) is 56.7 cm³/mol. The van der Waals surface area contributed by atoms with Gasteiger partial charge in [-0.2, -0.15) is 0 Å². The molecule has 0 amide bonds. The molecule has 0 N–H and O–H groups in total. The van der Waals surface area contributed by atoms with Crippen molar-refractivity contribution < 1.29 is 14.1 Å². The zero-order chi connectivity index (χ0) is 11.0. The maximum atomic E-state index is 11.4. The minimum atomic E-state index is -0.335. The molecule has 14 heavy (non-hydrogen) atoms. The number of rotatable bonds is 6. The molecule has 0 aromatic rings. The van der Waals surface area contributed by atoms with E-state index in [0.717, 1.165) is 14.1 Å². The summed E-state index contributed by atoms with van der Waals surface area (Å²) >= 11 is 0. The smallest absolute Gasteiger partial charge is 0.507 e. The van der Waals surface area contributed by atoms with Crippen LogP contribution < -0.4 is 0 Å². The van der Waals surface area contributed by atoms with Crippen molar-refractivity contribution in [3.8, 4) is 0 Å². The van der Waals surface area contributed by atoms with Crippen molar-refractivity contribution in [2.45, 2.75) is 34.1 Å². The molecule has 0 unspecified atom stereocenters. The zero-order valence-corrected chi connectivity index (χ0v) is 9.37. The first-order valence-electron chi connectivity index (χ1n) is 4.93. The van der Waals surface area contributed by atoms with Gasteiger partial charge in [0.05, 0.1) is 0 Å². The van der Waals surface area contributed by atoms with Gasteiger partial charge in [0, 0.05) is 12.2 Å². The van der Waals surface area contributed by atoms with Crippen LogP contribution in [-0.4, -0.2) is 20.3 Å². The lowest BCUT2D eigenvalue weighted by Crippen LogP contribution is -2.16. The van der Waals surface area contributed by atoms with Gasteiger partial charge in [-0.15, -0.1) is 0 Å². The molecular weight excluding hydrogens is 179 g/mol.